The van der Waals surface area contributed by atoms with Crippen LogP contribution < -0.4 is 10.6 Å². The van der Waals surface area contributed by atoms with Gasteiger partial charge in [-0.25, -0.2) is 4.68 Å². The lowest BCUT2D eigenvalue weighted by Crippen LogP contribution is -2.45. The third-order valence-electron chi connectivity index (χ3n) is 8.28. The number of hydrogen-bond acceptors (Lipinski definition) is 12. The fourth-order valence-electron chi connectivity index (χ4n) is 5.44. The van der Waals surface area contributed by atoms with Gasteiger partial charge in [-0.3, -0.25) is 9.59 Å². The SMILES string of the molecule is CCCCCCCCCCCCCCCCCC(=O)N[C@H](CSC[C@H](O)CO)C(=O)Nc1cn(C[C@H](O)C2OC(O)[C@@H](O)[C@@H]2O)nn1. The number of nitrogens with one attached hydrogen (secondary N) is 2. The summed E-state index contributed by atoms with van der Waals surface area (Å²) in [6.07, 6.45) is 11.8. The van der Waals surface area contributed by atoms with Crippen LogP contribution >= 0.6 is 11.8 Å². The van der Waals surface area contributed by atoms with Gasteiger partial charge in [-0.15, -0.1) is 5.10 Å². The lowest BCUT2D eigenvalue weighted by molar-refractivity contribution is -0.147. The van der Waals surface area contributed by atoms with Gasteiger partial charge in [0.25, 0.3) is 0 Å². The predicted octanol–water partition coefficient (Wildman–Crippen LogP) is 1.85. The summed E-state index contributed by atoms with van der Waals surface area (Å²) in [5.74, 6) is -0.412. The van der Waals surface area contributed by atoms with Crippen molar-refractivity contribution < 1.29 is 45.0 Å². The number of carbonyl (C=O) groups is 2. The first-order valence-electron chi connectivity index (χ1n) is 17.4. The Morgan fingerprint density at radius 3 is 2.00 bits per heavy atom. The van der Waals surface area contributed by atoms with Gasteiger partial charge in [-0.2, -0.15) is 11.8 Å². The first-order valence-corrected chi connectivity index (χ1v) is 18.6. The average Bonchev–Trinajstić information content (AvgIpc) is 3.60. The standard InChI is InChI=1S/C32H59N5O9S/c1-2-3-4-5-6-7-8-9-10-11-12-13-14-15-16-17-27(41)33-24(22-47-21-23(39)20-38)31(44)34-26-19-37(36-35-26)18-25(40)30-28(42)29(43)32(45)46-30/h19,23-25,28-30,32,38-40,42-43,45H,2-18,20-22H2,1H3,(H,33,41)(H,34,44)/t23-,24-,25+,28+,29+,30?,32?/m1/s1. The second kappa shape index (κ2) is 24.3. The molecule has 47 heavy (non-hydrogen) atoms. The van der Waals surface area contributed by atoms with Gasteiger partial charge < -0.3 is 46.0 Å². The van der Waals surface area contributed by atoms with E-state index in [-0.39, 0.29) is 29.8 Å². The summed E-state index contributed by atoms with van der Waals surface area (Å²) in [6, 6.07) is -0.935. The second-order valence-electron chi connectivity index (χ2n) is 12.5. The summed E-state index contributed by atoms with van der Waals surface area (Å²) >= 11 is 1.21. The number of aromatic nitrogens is 3. The Kier molecular flexibility index (Phi) is 21.4. The molecule has 2 heterocycles. The number of aliphatic hydroxyl groups excluding tert-OH is 6. The molecule has 272 valence electrons. The fraction of sp³-hybridized carbons (Fsp3) is 0.875. The number of thioether (sulfide) groups is 1. The molecular formula is C32H59N5O9S. The van der Waals surface area contributed by atoms with Crippen LogP contribution in [0.1, 0.15) is 110 Å². The molecule has 14 nitrogen and oxygen atoms in total. The Morgan fingerprint density at radius 2 is 1.47 bits per heavy atom. The van der Waals surface area contributed by atoms with E-state index in [4.69, 9.17) is 9.84 Å². The van der Waals surface area contributed by atoms with Crippen molar-refractivity contribution in [3.63, 3.8) is 0 Å². The Bertz CT molecular complexity index is 991. The van der Waals surface area contributed by atoms with Gasteiger partial charge >= 0.3 is 0 Å². The molecule has 1 aliphatic heterocycles. The molecule has 2 rings (SSSR count). The molecule has 0 aliphatic carbocycles. The largest absolute Gasteiger partial charge is 0.394 e. The second-order valence-corrected chi connectivity index (χ2v) is 13.6. The average molecular weight is 690 g/mol. The van der Waals surface area contributed by atoms with Crippen molar-refractivity contribution in [1.29, 1.82) is 0 Å². The van der Waals surface area contributed by atoms with E-state index < -0.39 is 55.4 Å². The minimum Gasteiger partial charge on any atom is -0.394 e. The Morgan fingerprint density at radius 1 is 0.894 bits per heavy atom. The quantitative estimate of drug-likeness (QED) is 0.0621. The fourth-order valence-corrected chi connectivity index (χ4v) is 6.42. The van der Waals surface area contributed by atoms with E-state index in [1.54, 1.807) is 0 Å². The topological polar surface area (TPSA) is 220 Å². The first kappa shape index (κ1) is 41.3. The van der Waals surface area contributed by atoms with E-state index in [0.717, 1.165) is 25.7 Å². The number of hydrogen-bond donors (Lipinski definition) is 8. The number of carbonyl (C=O) groups excluding carboxylic acids is 2. The van der Waals surface area contributed by atoms with Crippen molar-refractivity contribution >= 4 is 29.4 Å². The number of nitrogens with zero attached hydrogens (tertiary/aromatic N) is 3. The van der Waals surface area contributed by atoms with Crippen molar-refractivity contribution in [3.8, 4) is 0 Å². The molecule has 2 amide bonds. The third kappa shape index (κ3) is 16.9. The Hall–Kier alpha value is -1.85. The van der Waals surface area contributed by atoms with E-state index in [1.807, 2.05) is 0 Å². The molecule has 0 saturated carbocycles. The Balaban J connectivity index is 1.69. The van der Waals surface area contributed by atoms with Crippen LogP contribution in [0.5, 0.6) is 0 Å². The summed E-state index contributed by atoms with van der Waals surface area (Å²) in [7, 11) is 0. The van der Waals surface area contributed by atoms with Gasteiger partial charge in [0, 0.05) is 17.9 Å². The summed E-state index contributed by atoms with van der Waals surface area (Å²) in [5.41, 5.74) is 0. The van der Waals surface area contributed by atoms with Crippen molar-refractivity contribution in [2.45, 2.75) is 159 Å². The molecule has 15 heteroatoms. The highest BCUT2D eigenvalue weighted by molar-refractivity contribution is 7.99. The summed E-state index contributed by atoms with van der Waals surface area (Å²) in [5, 5.41) is 71.4. The van der Waals surface area contributed by atoms with Crippen LogP contribution in [0.2, 0.25) is 0 Å². The first-order chi connectivity index (χ1) is 22.7. The zero-order chi connectivity index (χ0) is 34.4. The normalized spacial score (nSPS) is 21.4. The molecule has 0 bridgehead atoms. The van der Waals surface area contributed by atoms with Crippen LogP contribution in [0.3, 0.4) is 0 Å². The monoisotopic (exact) mass is 689 g/mol. The highest BCUT2D eigenvalue weighted by Crippen LogP contribution is 2.23. The zero-order valence-electron chi connectivity index (χ0n) is 27.9. The molecule has 0 aromatic carbocycles. The summed E-state index contributed by atoms with van der Waals surface area (Å²) in [6.45, 7) is 1.62. The molecular weight excluding hydrogens is 630 g/mol. The maximum atomic E-state index is 13.1. The van der Waals surface area contributed by atoms with Crippen LogP contribution in [-0.2, 0) is 20.9 Å². The molecule has 0 radical (unpaired) electrons. The van der Waals surface area contributed by atoms with Crippen LogP contribution in [0.4, 0.5) is 5.82 Å². The van der Waals surface area contributed by atoms with Gasteiger partial charge in [0.1, 0.15) is 30.5 Å². The van der Waals surface area contributed by atoms with E-state index in [9.17, 15) is 35.1 Å². The summed E-state index contributed by atoms with van der Waals surface area (Å²) in [4.78, 5) is 25.8. The van der Waals surface area contributed by atoms with E-state index >= 15 is 0 Å². The Labute approximate surface area is 283 Å². The molecule has 1 aromatic heterocycles. The number of ether oxygens (including phenoxy) is 1. The van der Waals surface area contributed by atoms with Crippen LogP contribution in [0, 0.1) is 0 Å². The van der Waals surface area contributed by atoms with Gasteiger partial charge in [-0.05, 0) is 6.42 Å². The molecule has 1 aliphatic rings. The smallest absolute Gasteiger partial charge is 0.249 e. The van der Waals surface area contributed by atoms with Crippen LogP contribution in [-0.4, -0.2) is 118 Å². The number of amides is 2. The van der Waals surface area contributed by atoms with E-state index in [2.05, 4.69) is 27.9 Å². The number of anilines is 1. The summed E-state index contributed by atoms with van der Waals surface area (Å²) < 4.78 is 6.20. The molecule has 1 aromatic rings. The van der Waals surface area contributed by atoms with Gasteiger partial charge in [0.05, 0.1) is 25.5 Å². The predicted molar refractivity (Wildman–Crippen MR) is 179 cm³/mol. The highest BCUT2D eigenvalue weighted by Gasteiger charge is 2.45. The minimum absolute atomic E-state index is 0.0530. The van der Waals surface area contributed by atoms with Crippen molar-refractivity contribution in [3.05, 3.63) is 6.20 Å². The number of rotatable bonds is 27. The zero-order valence-corrected chi connectivity index (χ0v) is 28.7. The maximum Gasteiger partial charge on any atom is 0.249 e. The maximum absolute atomic E-state index is 13.1. The molecule has 1 fully saturated rings. The highest BCUT2D eigenvalue weighted by atomic mass is 32.2. The van der Waals surface area contributed by atoms with E-state index in [0.29, 0.717) is 6.42 Å². The molecule has 7 atom stereocenters. The number of aliphatic hydroxyl groups is 6. The van der Waals surface area contributed by atoms with Crippen molar-refractivity contribution in [2.24, 2.45) is 0 Å². The number of unbranched alkanes of at least 4 members (excludes halogenated alkanes) is 14. The minimum atomic E-state index is -1.63. The van der Waals surface area contributed by atoms with Crippen molar-refractivity contribution in [2.75, 3.05) is 23.4 Å². The molecule has 0 spiro atoms. The van der Waals surface area contributed by atoms with E-state index in [1.165, 1.54) is 93.3 Å². The van der Waals surface area contributed by atoms with Gasteiger partial charge in [0.2, 0.25) is 11.8 Å². The molecule has 1 saturated heterocycles. The molecule has 8 N–H and O–H groups in total. The molecule has 2 unspecified atom stereocenters. The van der Waals surface area contributed by atoms with Gasteiger partial charge in [0.15, 0.2) is 12.1 Å². The van der Waals surface area contributed by atoms with Crippen molar-refractivity contribution in [1.82, 2.24) is 20.3 Å². The van der Waals surface area contributed by atoms with Crippen LogP contribution in [0.15, 0.2) is 6.20 Å². The van der Waals surface area contributed by atoms with Crippen LogP contribution in [0.25, 0.3) is 0 Å². The lowest BCUT2D eigenvalue weighted by atomic mass is 10.0. The van der Waals surface area contributed by atoms with Gasteiger partial charge in [-0.1, -0.05) is 102 Å². The lowest BCUT2D eigenvalue weighted by Gasteiger charge is -2.20. The third-order valence-corrected chi connectivity index (χ3v) is 9.47.